The summed E-state index contributed by atoms with van der Waals surface area (Å²) in [6.07, 6.45) is 0.103. The van der Waals surface area contributed by atoms with Crippen LogP contribution >= 0.6 is 23.7 Å². The highest BCUT2D eigenvalue weighted by Gasteiger charge is 2.45. The molecule has 0 aliphatic carbocycles. The molecule has 16 heteroatoms. The number of thiazole rings is 1. The quantitative estimate of drug-likeness (QED) is 0.117. The average molecular weight is 805 g/mol. The van der Waals surface area contributed by atoms with E-state index in [9.17, 15) is 24.3 Å². The predicted molar refractivity (Wildman–Crippen MR) is 211 cm³/mol. The van der Waals surface area contributed by atoms with Crippen LogP contribution in [-0.2, 0) is 25.5 Å². The third kappa shape index (κ3) is 12.9. The Morgan fingerprint density at radius 2 is 1.82 bits per heavy atom. The second-order valence-electron chi connectivity index (χ2n) is 14.9. The van der Waals surface area contributed by atoms with Gasteiger partial charge in [-0.3, -0.25) is 14.4 Å². The number of primary amides is 1. The van der Waals surface area contributed by atoms with Crippen molar-refractivity contribution in [1.29, 1.82) is 0 Å². The van der Waals surface area contributed by atoms with E-state index in [1.807, 2.05) is 38.1 Å². The molecule has 13 nitrogen and oxygen atoms in total. The smallest absolute Gasteiger partial charge is 0.407 e. The van der Waals surface area contributed by atoms with Gasteiger partial charge >= 0.3 is 6.09 Å². The minimum Gasteiger partial charge on any atom is -0.489 e. The Bertz CT molecular complexity index is 1750. The number of benzene rings is 2. The fourth-order valence-electron chi connectivity index (χ4n) is 6.23. The van der Waals surface area contributed by atoms with Crippen LogP contribution < -0.4 is 26.8 Å². The zero-order chi connectivity index (χ0) is 39.6. The summed E-state index contributed by atoms with van der Waals surface area (Å²) in [4.78, 5) is 58.1. The number of ether oxygens (including phenoxy) is 2. The highest BCUT2D eigenvalue weighted by atomic mass is 35.5. The number of halogens is 2. The third-order valence-corrected chi connectivity index (χ3v) is 10.3. The van der Waals surface area contributed by atoms with Crippen LogP contribution in [0.3, 0.4) is 0 Å². The number of β-amino-alcohol motifs (C(OH)–C–C–N with tert-alkyl or cyclic N) is 1. The van der Waals surface area contributed by atoms with E-state index in [2.05, 4.69) is 15.6 Å². The van der Waals surface area contributed by atoms with E-state index in [1.54, 1.807) is 49.8 Å². The van der Waals surface area contributed by atoms with E-state index in [1.165, 1.54) is 11.0 Å². The highest BCUT2D eigenvalue weighted by molar-refractivity contribution is 7.13. The number of rotatable bonds is 17. The first-order valence-electron chi connectivity index (χ1n) is 18.2. The van der Waals surface area contributed by atoms with Crippen LogP contribution in [0.2, 0.25) is 0 Å². The lowest BCUT2D eigenvalue weighted by molar-refractivity contribution is -0.142. The minimum atomic E-state index is -1.05. The van der Waals surface area contributed by atoms with E-state index in [0.29, 0.717) is 31.2 Å². The van der Waals surface area contributed by atoms with Gasteiger partial charge in [0, 0.05) is 25.4 Å². The molecule has 3 aromatic rings. The number of carbonyl (C=O) groups is 4. The number of aliphatic hydroxyl groups is 1. The van der Waals surface area contributed by atoms with E-state index >= 15 is 4.39 Å². The number of nitrogens with one attached hydrogen (secondary N) is 2. The van der Waals surface area contributed by atoms with Crippen molar-refractivity contribution in [2.24, 2.45) is 16.9 Å². The molecule has 302 valence electrons. The molecule has 1 aliphatic heterocycles. The number of aliphatic hydroxyl groups excluding tert-OH is 1. The molecule has 2 heterocycles. The number of aryl methyl sites for hydroxylation is 2. The number of nitrogens with two attached hydrogens (primary N) is 2. The number of amides is 4. The molecule has 0 saturated carbocycles. The summed E-state index contributed by atoms with van der Waals surface area (Å²) in [6.45, 7) is 9.19. The normalized spacial score (nSPS) is 17.1. The number of hydrogen-bond acceptors (Lipinski definition) is 10. The Hall–Kier alpha value is -4.31. The molecule has 7 N–H and O–H groups in total. The Morgan fingerprint density at radius 1 is 1.11 bits per heavy atom. The van der Waals surface area contributed by atoms with Crippen LogP contribution in [-0.4, -0.2) is 82.8 Å². The van der Waals surface area contributed by atoms with Crippen LogP contribution in [0.1, 0.15) is 82.7 Å². The lowest BCUT2D eigenvalue weighted by atomic mass is 9.85. The molecule has 0 spiro atoms. The molecule has 4 rings (SSSR count). The summed E-state index contributed by atoms with van der Waals surface area (Å²) in [7, 11) is 0. The maximum Gasteiger partial charge on any atom is 0.407 e. The minimum absolute atomic E-state index is 0. The van der Waals surface area contributed by atoms with Gasteiger partial charge in [-0.2, -0.15) is 0 Å². The Labute approximate surface area is 332 Å². The molecule has 1 saturated heterocycles. The van der Waals surface area contributed by atoms with Crippen molar-refractivity contribution in [1.82, 2.24) is 20.5 Å². The molecule has 1 fully saturated rings. The zero-order valence-electron chi connectivity index (χ0n) is 32.0. The topological polar surface area (TPSA) is 199 Å². The maximum atomic E-state index is 15.0. The molecule has 0 radical (unpaired) electrons. The molecular weight excluding hydrogens is 751 g/mol. The third-order valence-electron chi connectivity index (χ3n) is 9.35. The predicted octanol–water partition coefficient (Wildman–Crippen LogP) is 4.95. The van der Waals surface area contributed by atoms with E-state index < -0.39 is 59.3 Å². The number of aromatic nitrogens is 1. The van der Waals surface area contributed by atoms with Gasteiger partial charge in [0.05, 0.1) is 34.8 Å². The van der Waals surface area contributed by atoms with Gasteiger partial charge in [0.25, 0.3) is 0 Å². The number of carbonyl (C=O) groups excluding carboxylic acids is 4. The molecule has 1 aromatic heterocycles. The largest absolute Gasteiger partial charge is 0.489 e. The van der Waals surface area contributed by atoms with Gasteiger partial charge in [0.2, 0.25) is 17.7 Å². The SMILES string of the molecule is Cc1ncsc1-c1ccc([C@H](C)NC(=O)[C@@H]2C[C@@H](O)CN2C(=O)[C@@H](NC(=O)OCCCCc2cccc(OC[C@@H](N)CCC(N)=O)c2F)C(C)(C)C)cc1.Cl. The van der Waals surface area contributed by atoms with Gasteiger partial charge in [-0.1, -0.05) is 57.2 Å². The number of alkyl carbamates (subject to hydrolysis) is 1. The second-order valence-corrected chi connectivity index (χ2v) is 15.7. The average Bonchev–Trinajstić information content (AvgIpc) is 3.74. The lowest BCUT2D eigenvalue weighted by Crippen LogP contribution is -2.58. The van der Waals surface area contributed by atoms with Crippen molar-refractivity contribution in [3.8, 4) is 16.2 Å². The van der Waals surface area contributed by atoms with Crippen molar-refractivity contribution in [2.45, 2.75) is 103 Å². The number of hydrogen-bond donors (Lipinski definition) is 5. The Morgan fingerprint density at radius 3 is 2.45 bits per heavy atom. The second kappa shape index (κ2) is 20.6. The molecule has 2 aromatic carbocycles. The highest BCUT2D eigenvalue weighted by Crippen LogP contribution is 2.30. The van der Waals surface area contributed by atoms with Gasteiger partial charge in [-0.15, -0.1) is 23.7 Å². The van der Waals surface area contributed by atoms with E-state index in [4.69, 9.17) is 20.9 Å². The van der Waals surface area contributed by atoms with Crippen molar-refractivity contribution in [2.75, 3.05) is 19.8 Å². The number of nitrogens with zero attached hydrogens (tertiary/aromatic N) is 2. The fraction of sp³-hybridized carbons (Fsp3) is 0.513. The van der Waals surface area contributed by atoms with Crippen LogP contribution in [0, 0.1) is 18.2 Å². The van der Waals surface area contributed by atoms with Crippen molar-refractivity contribution < 1.29 is 38.1 Å². The van der Waals surface area contributed by atoms with Crippen LogP contribution in [0.15, 0.2) is 48.0 Å². The number of likely N-dealkylation sites (tertiary alicyclic amines) is 1. The molecule has 4 amide bonds. The Balaban J connectivity index is 0.00000812. The van der Waals surface area contributed by atoms with Gasteiger partial charge in [-0.05, 0) is 67.7 Å². The monoisotopic (exact) mass is 804 g/mol. The van der Waals surface area contributed by atoms with Gasteiger partial charge in [0.15, 0.2) is 11.6 Å². The van der Waals surface area contributed by atoms with Gasteiger partial charge in [-0.25, -0.2) is 14.2 Å². The van der Waals surface area contributed by atoms with Crippen LogP contribution in [0.4, 0.5) is 9.18 Å². The Kier molecular flexibility index (Phi) is 16.9. The van der Waals surface area contributed by atoms with Crippen molar-refractivity contribution in [3.05, 3.63) is 70.6 Å². The van der Waals surface area contributed by atoms with E-state index in [0.717, 1.165) is 21.7 Å². The first kappa shape index (κ1) is 45.1. The number of unbranched alkanes of at least 4 members (excludes halogenated alkanes) is 1. The molecular formula is C39H54ClFN6O7S. The van der Waals surface area contributed by atoms with Crippen LogP contribution in [0.25, 0.3) is 10.4 Å². The zero-order valence-corrected chi connectivity index (χ0v) is 33.6. The van der Waals surface area contributed by atoms with Crippen molar-refractivity contribution >= 4 is 47.6 Å². The lowest BCUT2D eigenvalue weighted by Gasteiger charge is -2.35. The first-order valence-corrected chi connectivity index (χ1v) is 19.1. The summed E-state index contributed by atoms with van der Waals surface area (Å²) in [5.41, 5.74) is 15.4. The summed E-state index contributed by atoms with van der Waals surface area (Å²) in [5.74, 6) is -1.81. The first-order chi connectivity index (χ1) is 25.5. The van der Waals surface area contributed by atoms with E-state index in [-0.39, 0.29) is 56.8 Å². The molecule has 5 atom stereocenters. The molecule has 1 aliphatic rings. The fourth-order valence-corrected chi connectivity index (χ4v) is 7.04. The molecule has 0 unspecified atom stereocenters. The summed E-state index contributed by atoms with van der Waals surface area (Å²) in [5, 5.41) is 16.2. The maximum absolute atomic E-state index is 15.0. The molecule has 55 heavy (non-hydrogen) atoms. The van der Waals surface area contributed by atoms with Gasteiger partial charge in [0.1, 0.15) is 18.7 Å². The summed E-state index contributed by atoms with van der Waals surface area (Å²) < 4.78 is 26.0. The van der Waals surface area contributed by atoms with Crippen molar-refractivity contribution in [3.63, 3.8) is 0 Å². The standard InChI is InChI=1S/C39H53FN6O7S.ClH/c1-23(25-12-14-27(15-13-25)34-24(2)43-22-54-34)44-36(49)30-19-29(47)20-46(30)37(50)35(39(3,4)5)45-38(51)52-18-7-6-9-26-10-8-11-31(33(26)40)53-21-28(41)16-17-32(42)48;/h8,10-15,22-23,28-30,35,47H,6-7,9,16-21,41H2,1-5H3,(H2,42,48)(H,44,49)(H,45,51);1H/t23-,28-,29+,30-,35+;/m0./s1. The van der Waals surface area contributed by atoms with Crippen LogP contribution in [0.5, 0.6) is 5.75 Å². The summed E-state index contributed by atoms with van der Waals surface area (Å²) in [6, 6.07) is 9.86. The van der Waals surface area contributed by atoms with Gasteiger partial charge < -0.3 is 41.6 Å². The molecule has 0 bridgehead atoms. The summed E-state index contributed by atoms with van der Waals surface area (Å²) >= 11 is 1.56.